The van der Waals surface area contributed by atoms with Crippen LogP contribution in [0.5, 0.6) is 0 Å². The molecule has 0 bridgehead atoms. The quantitative estimate of drug-likeness (QED) is 0.760. The highest BCUT2D eigenvalue weighted by molar-refractivity contribution is 5.68. The number of ether oxygens (including phenoxy) is 1. The number of fused-ring (bicyclic) bond motifs is 1. The molecule has 2 unspecified atom stereocenters. The van der Waals surface area contributed by atoms with Crippen LogP contribution in [0.2, 0.25) is 0 Å². The van der Waals surface area contributed by atoms with Gasteiger partial charge in [0.2, 0.25) is 0 Å². The molecule has 2 N–H and O–H groups in total. The normalized spacial score (nSPS) is 29.2. The van der Waals surface area contributed by atoms with Crippen LogP contribution in [0.4, 0.5) is 4.79 Å². The third-order valence-corrected chi connectivity index (χ3v) is 3.75. The minimum atomic E-state index is -0.413. The van der Waals surface area contributed by atoms with E-state index in [1.807, 2.05) is 25.7 Å². The predicted molar refractivity (Wildman–Crippen MR) is 70.4 cm³/mol. The smallest absolute Gasteiger partial charge is 0.410 e. The Hall–Kier alpha value is -0.810. The molecule has 0 radical (unpaired) electrons. The largest absolute Gasteiger partial charge is 0.444 e. The maximum atomic E-state index is 12.0. The van der Waals surface area contributed by atoms with Gasteiger partial charge < -0.3 is 15.4 Å². The number of carbonyl (C=O) groups excluding carboxylic acids is 1. The van der Waals surface area contributed by atoms with Crippen molar-refractivity contribution in [3.05, 3.63) is 0 Å². The van der Waals surface area contributed by atoms with E-state index in [1.165, 1.54) is 0 Å². The van der Waals surface area contributed by atoms with Crippen LogP contribution in [-0.4, -0.2) is 59.8 Å². The molecule has 0 saturated carbocycles. The monoisotopic (exact) mass is 255 g/mol. The lowest BCUT2D eigenvalue weighted by atomic mass is 10.1. The van der Waals surface area contributed by atoms with Crippen molar-refractivity contribution in [3.63, 3.8) is 0 Å². The third-order valence-electron chi connectivity index (χ3n) is 3.75. The predicted octanol–water partition coefficient (Wildman–Crippen LogP) is 1.03. The van der Waals surface area contributed by atoms with Crippen LogP contribution in [0, 0.1) is 0 Å². The standard InChI is InChI=1S/C13H25N3O2/c1-13(2,3)18-12(17)15-6-7-16-10(8-14)4-5-11(16)9-15/h10-11H,4-9,14H2,1-3H3. The molecule has 2 fully saturated rings. The van der Waals surface area contributed by atoms with Gasteiger partial charge in [-0.1, -0.05) is 0 Å². The highest BCUT2D eigenvalue weighted by atomic mass is 16.6. The number of nitrogens with zero attached hydrogens (tertiary/aromatic N) is 2. The first-order chi connectivity index (χ1) is 8.40. The Bertz CT molecular complexity index is 314. The van der Waals surface area contributed by atoms with Crippen molar-refractivity contribution >= 4 is 6.09 Å². The Balaban J connectivity index is 1.90. The molecule has 2 aliphatic heterocycles. The molecule has 1 amide bonds. The van der Waals surface area contributed by atoms with Crippen LogP contribution in [0.25, 0.3) is 0 Å². The molecule has 0 spiro atoms. The van der Waals surface area contributed by atoms with Crippen molar-refractivity contribution in [3.8, 4) is 0 Å². The van der Waals surface area contributed by atoms with E-state index >= 15 is 0 Å². The molecule has 0 aromatic rings. The highest BCUT2D eigenvalue weighted by Crippen LogP contribution is 2.27. The van der Waals surface area contributed by atoms with E-state index < -0.39 is 5.60 Å². The second-order valence-electron chi connectivity index (χ2n) is 6.28. The molecule has 0 aliphatic carbocycles. The molecular weight excluding hydrogens is 230 g/mol. The fraction of sp³-hybridized carbons (Fsp3) is 0.923. The molecule has 2 atom stereocenters. The number of nitrogens with two attached hydrogens (primary N) is 1. The van der Waals surface area contributed by atoms with Crippen LogP contribution in [0.3, 0.4) is 0 Å². The second-order valence-corrected chi connectivity index (χ2v) is 6.28. The molecule has 0 aromatic carbocycles. The summed E-state index contributed by atoms with van der Waals surface area (Å²) in [4.78, 5) is 16.3. The molecule has 2 saturated heterocycles. The molecule has 2 aliphatic rings. The Morgan fingerprint density at radius 3 is 2.67 bits per heavy atom. The lowest BCUT2D eigenvalue weighted by Gasteiger charge is -2.40. The molecule has 0 aromatic heterocycles. The average molecular weight is 255 g/mol. The molecule has 18 heavy (non-hydrogen) atoms. The Morgan fingerprint density at radius 1 is 1.33 bits per heavy atom. The van der Waals surface area contributed by atoms with Crippen molar-refractivity contribution < 1.29 is 9.53 Å². The molecule has 2 rings (SSSR count). The lowest BCUT2D eigenvalue weighted by Crippen LogP contribution is -2.55. The molecule has 104 valence electrons. The third kappa shape index (κ3) is 2.95. The average Bonchev–Trinajstić information content (AvgIpc) is 2.68. The van der Waals surface area contributed by atoms with Gasteiger partial charge in [0, 0.05) is 38.3 Å². The fourth-order valence-electron chi connectivity index (χ4n) is 2.90. The van der Waals surface area contributed by atoms with Gasteiger partial charge >= 0.3 is 6.09 Å². The maximum Gasteiger partial charge on any atom is 0.410 e. The zero-order valence-electron chi connectivity index (χ0n) is 11.7. The van der Waals surface area contributed by atoms with Crippen molar-refractivity contribution in [1.82, 2.24) is 9.80 Å². The fourth-order valence-corrected chi connectivity index (χ4v) is 2.90. The first kappa shape index (κ1) is 13.6. The van der Waals surface area contributed by atoms with Crippen molar-refractivity contribution in [2.75, 3.05) is 26.2 Å². The summed E-state index contributed by atoms with van der Waals surface area (Å²) in [5, 5.41) is 0. The topological polar surface area (TPSA) is 58.8 Å². The van der Waals surface area contributed by atoms with E-state index in [0.29, 0.717) is 12.1 Å². The van der Waals surface area contributed by atoms with E-state index in [0.717, 1.165) is 39.0 Å². The molecular formula is C13H25N3O2. The number of piperazine rings is 1. The summed E-state index contributed by atoms with van der Waals surface area (Å²) in [7, 11) is 0. The van der Waals surface area contributed by atoms with E-state index in [9.17, 15) is 4.79 Å². The van der Waals surface area contributed by atoms with Crippen molar-refractivity contribution in [2.24, 2.45) is 5.73 Å². The van der Waals surface area contributed by atoms with E-state index in [1.54, 1.807) is 0 Å². The SMILES string of the molecule is CC(C)(C)OC(=O)N1CCN2C(CN)CCC2C1. The van der Waals surface area contributed by atoms with Gasteiger partial charge in [-0.15, -0.1) is 0 Å². The Kier molecular flexibility index (Phi) is 3.82. The van der Waals surface area contributed by atoms with Gasteiger partial charge in [-0.2, -0.15) is 0 Å². The van der Waals surface area contributed by atoms with Gasteiger partial charge in [0.15, 0.2) is 0 Å². The minimum Gasteiger partial charge on any atom is -0.444 e. The van der Waals surface area contributed by atoms with E-state index in [4.69, 9.17) is 10.5 Å². The van der Waals surface area contributed by atoms with Crippen LogP contribution in [0.1, 0.15) is 33.6 Å². The zero-order chi connectivity index (χ0) is 13.3. The Morgan fingerprint density at radius 2 is 2.06 bits per heavy atom. The minimum absolute atomic E-state index is 0.182. The second kappa shape index (κ2) is 5.05. The lowest BCUT2D eigenvalue weighted by molar-refractivity contribution is 0.00548. The summed E-state index contributed by atoms with van der Waals surface area (Å²) in [6.45, 7) is 8.89. The first-order valence-electron chi connectivity index (χ1n) is 6.84. The van der Waals surface area contributed by atoms with Gasteiger partial charge in [0.05, 0.1) is 0 Å². The van der Waals surface area contributed by atoms with Crippen LogP contribution < -0.4 is 5.73 Å². The van der Waals surface area contributed by atoms with Crippen molar-refractivity contribution in [1.29, 1.82) is 0 Å². The van der Waals surface area contributed by atoms with Gasteiger partial charge in [0.1, 0.15) is 5.60 Å². The highest BCUT2D eigenvalue weighted by Gasteiger charge is 2.38. The summed E-state index contributed by atoms with van der Waals surface area (Å²) in [5.41, 5.74) is 5.36. The summed E-state index contributed by atoms with van der Waals surface area (Å²) in [5.74, 6) is 0. The summed E-state index contributed by atoms with van der Waals surface area (Å²) < 4.78 is 5.42. The van der Waals surface area contributed by atoms with Gasteiger partial charge in [-0.3, -0.25) is 4.90 Å². The summed E-state index contributed by atoms with van der Waals surface area (Å²) >= 11 is 0. The first-order valence-corrected chi connectivity index (χ1v) is 6.84. The molecule has 5 heteroatoms. The van der Waals surface area contributed by atoms with E-state index in [-0.39, 0.29) is 6.09 Å². The van der Waals surface area contributed by atoms with Gasteiger partial charge in [-0.05, 0) is 33.6 Å². The number of hydrogen-bond donors (Lipinski definition) is 1. The van der Waals surface area contributed by atoms with Crippen LogP contribution in [0.15, 0.2) is 0 Å². The summed E-state index contributed by atoms with van der Waals surface area (Å²) in [6.07, 6.45) is 2.11. The molecule has 5 nitrogen and oxygen atoms in total. The number of rotatable bonds is 1. The van der Waals surface area contributed by atoms with Gasteiger partial charge in [-0.25, -0.2) is 4.79 Å². The maximum absolute atomic E-state index is 12.0. The van der Waals surface area contributed by atoms with E-state index in [2.05, 4.69) is 4.90 Å². The Labute approximate surface area is 109 Å². The molecule has 2 heterocycles. The number of amides is 1. The number of hydrogen-bond acceptors (Lipinski definition) is 4. The van der Waals surface area contributed by atoms with Crippen LogP contribution in [-0.2, 0) is 4.74 Å². The van der Waals surface area contributed by atoms with Crippen molar-refractivity contribution in [2.45, 2.75) is 51.3 Å². The number of carbonyl (C=O) groups is 1. The van der Waals surface area contributed by atoms with Gasteiger partial charge in [0.25, 0.3) is 0 Å². The summed E-state index contributed by atoms with van der Waals surface area (Å²) in [6, 6.07) is 0.982. The zero-order valence-corrected chi connectivity index (χ0v) is 11.7. The van der Waals surface area contributed by atoms with Crippen LogP contribution >= 0.6 is 0 Å².